The third kappa shape index (κ3) is 2.91. The number of esters is 1. The summed E-state index contributed by atoms with van der Waals surface area (Å²) in [4.78, 5) is 31.5. The number of benzene rings is 2. The van der Waals surface area contributed by atoms with Crippen LogP contribution in [-0.4, -0.2) is 29.0 Å². The molecular weight excluding hydrogens is 294 g/mol. The van der Waals surface area contributed by atoms with Crippen molar-refractivity contribution in [3.63, 3.8) is 0 Å². The summed E-state index contributed by atoms with van der Waals surface area (Å²) in [6.45, 7) is 1.83. The van der Waals surface area contributed by atoms with Crippen LogP contribution in [-0.2, 0) is 4.74 Å². The molecule has 0 fully saturated rings. The molecule has 3 aromatic rings. The zero-order valence-electron chi connectivity index (χ0n) is 12.7. The second kappa shape index (κ2) is 5.92. The van der Waals surface area contributed by atoms with Gasteiger partial charge < -0.3 is 15.0 Å². The van der Waals surface area contributed by atoms with Gasteiger partial charge in [0, 0.05) is 5.69 Å². The van der Waals surface area contributed by atoms with Gasteiger partial charge in [0.2, 0.25) is 0 Å². The van der Waals surface area contributed by atoms with Crippen molar-refractivity contribution in [3.8, 4) is 0 Å². The van der Waals surface area contributed by atoms with Crippen LogP contribution in [0.15, 0.2) is 42.5 Å². The van der Waals surface area contributed by atoms with E-state index in [9.17, 15) is 9.59 Å². The summed E-state index contributed by atoms with van der Waals surface area (Å²) in [7, 11) is 1.31. The Hall–Kier alpha value is -3.15. The van der Waals surface area contributed by atoms with Gasteiger partial charge in [-0.15, -0.1) is 0 Å². The number of anilines is 1. The van der Waals surface area contributed by atoms with Gasteiger partial charge in [0.15, 0.2) is 0 Å². The predicted molar refractivity (Wildman–Crippen MR) is 86.6 cm³/mol. The number of H-pyrrole nitrogens is 1. The molecule has 0 saturated heterocycles. The van der Waals surface area contributed by atoms with Gasteiger partial charge in [-0.1, -0.05) is 12.1 Å². The molecule has 0 aliphatic carbocycles. The lowest BCUT2D eigenvalue weighted by atomic mass is 10.1. The number of nitrogens with zero attached hydrogens (tertiary/aromatic N) is 1. The monoisotopic (exact) mass is 309 g/mol. The third-order valence-electron chi connectivity index (χ3n) is 3.42. The van der Waals surface area contributed by atoms with Crippen molar-refractivity contribution in [2.45, 2.75) is 6.92 Å². The summed E-state index contributed by atoms with van der Waals surface area (Å²) in [6.07, 6.45) is 0. The van der Waals surface area contributed by atoms with Crippen LogP contribution in [0.2, 0.25) is 0 Å². The molecule has 0 unspecified atom stereocenters. The molecule has 23 heavy (non-hydrogen) atoms. The fourth-order valence-corrected chi connectivity index (χ4v) is 2.38. The number of ether oxygens (including phenoxy) is 1. The van der Waals surface area contributed by atoms with Crippen LogP contribution in [0.3, 0.4) is 0 Å². The van der Waals surface area contributed by atoms with Crippen LogP contribution in [0.25, 0.3) is 11.0 Å². The molecule has 2 aromatic carbocycles. The van der Waals surface area contributed by atoms with Gasteiger partial charge in [0.25, 0.3) is 5.91 Å². The molecule has 1 amide bonds. The molecule has 0 spiro atoms. The third-order valence-corrected chi connectivity index (χ3v) is 3.42. The summed E-state index contributed by atoms with van der Waals surface area (Å²) in [6, 6.07) is 12.0. The highest BCUT2D eigenvalue weighted by molar-refractivity contribution is 6.11. The summed E-state index contributed by atoms with van der Waals surface area (Å²) in [5, 5.41) is 2.78. The molecular formula is C17H15N3O3. The van der Waals surface area contributed by atoms with E-state index in [0.29, 0.717) is 22.3 Å². The molecule has 0 bridgehead atoms. The van der Waals surface area contributed by atoms with Crippen LogP contribution in [0, 0.1) is 6.92 Å². The number of fused-ring (bicyclic) bond motifs is 1. The van der Waals surface area contributed by atoms with E-state index in [0.717, 1.165) is 11.3 Å². The number of rotatable bonds is 3. The number of aryl methyl sites for hydroxylation is 1. The first-order valence-electron chi connectivity index (χ1n) is 7.03. The normalized spacial score (nSPS) is 10.5. The Morgan fingerprint density at radius 1 is 1.17 bits per heavy atom. The predicted octanol–water partition coefficient (Wildman–Crippen LogP) is 2.91. The molecule has 116 valence electrons. The topological polar surface area (TPSA) is 84.1 Å². The maximum Gasteiger partial charge on any atom is 0.337 e. The number of amides is 1. The number of aromatic amines is 1. The molecule has 0 radical (unpaired) electrons. The highest BCUT2D eigenvalue weighted by atomic mass is 16.5. The quantitative estimate of drug-likeness (QED) is 0.729. The summed E-state index contributed by atoms with van der Waals surface area (Å²) >= 11 is 0. The number of hydrogen-bond acceptors (Lipinski definition) is 4. The summed E-state index contributed by atoms with van der Waals surface area (Å²) < 4.78 is 4.68. The Balaban J connectivity index is 1.90. The Kier molecular flexibility index (Phi) is 3.80. The molecule has 1 aromatic heterocycles. The van der Waals surface area contributed by atoms with Gasteiger partial charge in [-0.3, -0.25) is 4.79 Å². The average Bonchev–Trinajstić information content (AvgIpc) is 2.94. The highest BCUT2D eigenvalue weighted by Crippen LogP contribution is 2.19. The molecule has 2 N–H and O–H groups in total. The van der Waals surface area contributed by atoms with Gasteiger partial charge in [-0.25, -0.2) is 9.78 Å². The largest absolute Gasteiger partial charge is 0.465 e. The van der Waals surface area contributed by atoms with E-state index < -0.39 is 5.97 Å². The van der Waals surface area contributed by atoms with Crippen LogP contribution in [0.4, 0.5) is 5.69 Å². The molecule has 3 rings (SSSR count). The smallest absolute Gasteiger partial charge is 0.337 e. The lowest BCUT2D eigenvalue weighted by Gasteiger charge is -2.07. The van der Waals surface area contributed by atoms with Gasteiger partial charge in [-0.05, 0) is 37.3 Å². The minimum Gasteiger partial charge on any atom is -0.465 e. The summed E-state index contributed by atoms with van der Waals surface area (Å²) in [5.74, 6) is 0.00295. The van der Waals surface area contributed by atoms with Crippen molar-refractivity contribution in [1.82, 2.24) is 9.97 Å². The van der Waals surface area contributed by atoms with E-state index >= 15 is 0 Å². The number of methoxy groups -OCH3 is 1. The van der Waals surface area contributed by atoms with Gasteiger partial charge in [0.1, 0.15) is 11.3 Å². The SMILES string of the molecule is COC(=O)c1cccc(NC(=O)c2cccc3[nH]c(C)nc23)c1. The van der Waals surface area contributed by atoms with E-state index in [1.54, 1.807) is 36.4 Å². The second-order valence-corrected chi connectivity index (χ2v) is 5.05. The fraction of sp³-hybridized carbons (Fsp3) is 0.118. The van der Waals surface area contributed by atoms with Crippen LogP contribution in [0.1, 0.15) is 26.5 Å². The number of aromatic nitrogens is 2. The van der Waals surface area contributed by atoms with Crippen molar-refractivity contribution in [2.24, 2.45) is 0 Å². The summed E-state index contributed by atoms with van der Waals surface area (Å²) in [5.41, 5.74) is 2.78. The Morgan fingerprint density at radius 3 is 2.74 bits per heavy atom. The number of para-hydroxylation sites is 1. The molecule has 0 atom stereocenters. The lowest BCUT2D eigenvalue weighted by molar-refractivity contribution is 0.0600. The van der Waals surface area contributed by atoms with Crippen molar-refractivity contribution in [1.29, 1.82) is 0 Å². The molecule has 0 saturated carbocycles. The van der Waals surface area contributed by atoms with Crippen molar-refractivity contribution >= 4 is 28.6 Å². The maximum absolute atomic E-state index is 12.5. The highest BCUT2D eigenvalue weighted by Gasteiger charge is 2.14. The minimum atomic E-state index is -0.453. The van der Waals surface area contributed by atoms with E-state index in [-0.39, 0.29) is 5.91 Å². The Morgan fingerprint density at radius 2 is 1.96 bits per heavy atom. The van der Waals surface area contributed by atoms with Gasteiger partial charge in [0.05, 0.1) is 23.8 Å². The number of imidazole rings is 1. The number of hydrogen-bond donors (Lipinski definition) is 2. The second-order valence-electron chi connectivity index (χ2n) is 5.05. The van der Waals surface area contributed by atoms with E-state index in [1.165, 1.54) is 7.11 Å². The Labute approximate surface area is 132 Å². The standard InChI is InChI=1S/C17H15N3O3/c1-10-18-14-8-4-7-13(15(14)19-10)16(21)20-12-6-3-5-11(9-12)17(22)23-2/h3-9H,1-2H3,(H,18,19)(H,20,21). The molecule has 0 aliphatic heterocycles. The van der Waals surface area contributed by atoms with Crippen molar-refractivity contribution in [2.75, 3.05) is 12.4 Å². The van der Waals surface area contributed by atoms with E-state index in [1.807, 2.05) is 13.0 Å². The molecule has 0 aliphatic rings. The zero-order chi connectivity index (χ0) is 16.4. The number of carbonyl (C=O) groups excluding carboxylic acids is 2. The molecule has 1 heterocycles. The van der Waals surface area contributed by atoms with E-state index in [4.69, 9.17) is 0 Å². The first kappa shape index (κ1) is 14.8. The van der Waals surface area contributed by atoms with Crippen molar-refractivity contribution < 1.29 is 14.3 Å². The van der Waals surface area contributed by atoms with Crippen LogP contribution < -0.4 is 5.32 Å². The van der Waals surface area contributed by atoms with Crippen molar-refractivity contribution in [3.05, 3.63) is 59.4 Å². The van der Waals surface area contributed by atoms with E-state index in [2.05, 4.69) is 20.0 Å². The number of carbonyl (C=O) groups is 2. The van der Waals surface area contributed by atoms with Gasteiger partial charge >= 0.3 is 5.97 Å². The number of nitrogens with one attached hydrogen (secondary N) is 2. The van der Waals surface area contributed by atoms with Gasteiger partial charge in [-0.2, -0.15) is 0 Å². The molecule has 6 nitrogen and oxygen atoms in total. The van der Waals surface area contributed by atoms with Crippen LogP contribution >= 0.6 is 0 Å². The maximum atomic E-state index is 12.5. The fourth-order valence-electron chi connectivity index (χ4n) is 2.38. The first-order chi connectivity index (χ1) is 11.1. The molecule has 6 heteroatoms. The zero-order valence-corrected chi connectivity index (χ0v) is 12.7. The Bertz CT molecular complexity index is 899. The minimum absolute atomic E-state index is 0.288. The first-order valence-corrected chi connectivity index (χ1v) is 7.03. The van der Waals surface area contributed by atoms with Crippen LogP contribution in [0.5, 0.6) is 0 Å². The lowest BCUT2D eigenvalue weighted by Crippen LogP contribution is -2.13. The average molecular weight is 309 g/mol.